The second-order valence-corrected chi connectivity index (χ2v) is 2.67. The van der Waals surface area contributed by atoms with Crippen molar-refractivity contribution in [2.24, 2.45) is 0 Å². The zero-order chi connectivity index (χ0) is 8.97. The van der Waals surface area contributed by atoms with Crippen molar-refractivity contribution in [2.45, 2.75) is 32.6 Å². The number of halogens is 1. The lowest BCUT2D eigenvalue weighted by atomic mass is 10.2. The van der Waals surface area contributed by atoms with Gasteiger partial charge in [-0.2, -0.15) is 4.39 Å². The predicted molar refractivity (Wildman–Crippen MR) is 39.6 cm³/mol. The van der Waals surface area contributed by atoms with Crippen LogP contribution in [-0.2, 0) is 6.42 Å². The molecule has 0 spiro atoms. The van der Waals surface area contributed by atoms with E-state index in [4.69, 9.17) is 0 Å². The zero-order valence-corrected chi connectivity index (χ0v) is 6.97. The first-order valence-corrected chi connectivity index (χ1v) is 4.04. The number of rotatable bonds is 4. The lowest BCUT2D eigenvalue weighted by Gasteiger charge is -1.89. The lowest BCUT2D eigenvalue weighted by Crippen LogP contribution is -2.16. The lowest BCUT2D eigenvalue weighted by molar-refractivity contribution is -0.719. The minimum atomic E-state index is -0.666. The standard InChI is InChI=1S/C7H12FN2O2/c1-2-3-4-5-6-7(8)9-12-10(6)11/h9H,2-5H2,1H3/q+1. The number of hydrogen-bond donors (Lipinski definition) is 1. The van der Waals surface area contributed by atoms with Crippen LogP contribution in [-0.4, -0.2) is 5.16 Å². The molecule has 1 aromatic heterocycles. The third kappa shape index (κ3) is 1.93. The van der Waals surface area contributed by atoms with Gasteiger partial charge in [0.05, 0.1) is 0 Å². The van der Waals surface area contributed by atoms with Crippen molar-refractivity contribution >= 4 is 0 Å². The molecule has 0 aliphatic rings. The largest absolute Gasteiger partial charge is 0.361 e. The Bertz CT molecular complexity index is 292. The summed E-state index contributed by atoms with van der Waals surface area (Å²) < 4.78 is 17.0. The molecule has 0 bridgehead atoms. The first-order chi connectivity index (χ1) is 5.75. The van der Waals surface area contributed by atoms with Crippen molar-refractivity contribution < 1.29 is 13.6 Å². The van der Waals surface area contributed by atoms with Crippen molar-refractivity contribution in [3.05, 3.63) is 16.5 Å². The summed E-state index contributed by atoms with van der Waals surface area (Å²) >= 11 is 0. The molecule has 1 aromatic rings. The normalized spacial score (nSPS) is 10.5. The maximum Gasteiger partial charge on any atom is 0.361 e. The van der Waals surface area contributed by atoms with Crippen LogP contribution in [0.5, 0.6) is 0 Å². The second-order valence-electron chi connectivity index (χ2n) is 2.67. The molecule has 4 nitrogen and oxygen atoms in total. The van der Waals surface area contributed by atoms with Crippen LogP contribution in [0.4, 0.5) is 4.39 Å². The maximum absolute atomic E-state index is 12.7. The van der Waals surface area contributed by atoms with E-state index in [0.29, 0.717) is 6.42 Å². The van der Waals surface area contributed by atoms with Crippen LogP contribution >= 0.6 is 0 Å². The Labute approximate surface area is 68.9 Å². The summed E-state index contributed by atoms with van der Waals surface area (Å²) in [5, 5.41) is 1.87. The van der Waals surface area contributed by atoms with Gasteiger partial charge in [-0.25, -0.2) is 0 Å². The van der Waals surface area contributed by atoms with Gasteiger partial charge in [-0.05, 0) is 16.5 Å². The van der Waals surface area contributed by atoms with Crippen LogP contribution in [0.1, 0.15) is 31.9 Å². The van der Waals surface area contributed by atoms with E-state index in [9.17, 15) is 9.30 Å². The average Bonchev–Trinajstić information content (AvgIpc) is 2.35. The number of aromatic amines is 1. The SMILES string of the molecule is CCCCCc1c(F)[nH]o[n+]1=O. The summed E-state index contributed by atoms with van der Waals surface area (Å²) in [6.45, 7) is 2.04. The molecule has 0 radical (unpaired) electrons. The number of unbranched alkanes of at least 4 members (excludes halogenated alkanes) is 2. The van der Waals surface area contributed by atoms with Crippen molar-refractivity contribution in [3.63, 3.8) is 0 Å². The highest BCUT2D eigenvalue weighted by molar-refractivity contribution is 4.86. The Hall–Kier alpha value is -1.13. The Balaban J connectivity index is 2.56. The molecule has 0 fully saturated rings. The third-order valence-corrected chi connectivity index (χ3v) is 1.71. The van der Waals surface area contributed by atoms with Crippen molar-refractivity contribution in [1.82, 2.24) is 5.16 Å². The first-order valence-electron chi connectivity index (χ1n) is 4.04. The van der Waals surface area contributed by atoms with E-state index in [-0.39, 0.29) is 10.3 Å². The quantitative estimate of drug-likeness (QED) is 0.703. The van der Waals surface area contributed by atoms with Gasteiger partial charge in [-0.15, -0.1) is 0 Å². The fraction of sp³-hybridized carbons (Fsp3) is 0.714. The molecule has 0 aliphatic carbocycles. The molecule has 68 valence electrons. The molecule has 1 N–H and O–H groups in total. The number of aromatic nitrogens is 2. The molecule has 5 heteroatoms. The van der Waals surface area contributed by atoms with Crippen LogP contribution < -0.4 is 4.60 Å². The van der Waals surface area contributed by atoms with Crippen molar-refractivity contribution in [3.8, 4) is 0 Å². The highest BCUT2D eigenvalue weighted by atomic mass is 19.1. The Morgan fingerprint density at radius 1 is 1.58 bits per heavy atom. The summed E-state index contributed by atoms with van der Waals surface area (Å²) in [5.41, 5.74) is 0.0588. The molecule has 0 atom stereocenters. The van der Waals surface area contributed by atoms with E-state index in [0.717, 1.165) is 19.3 Å². The van der Waals surface area contributed by atoms with Crippen LogP contribution in [0.3, 0.4) is 0 Å². The monoisotopic (exact) mass is 175 g/mol. The van der Waals surface area contributed by atoms with Crippen molar-refractivity contribution in [2.75, 3.05) is 0 Å². The Morgan fingerprint density at radius 3 is 2.83 bits per heavy atom. The van der Waals surface area contributed by atoms with E-state index in [1.165, 1.54) is 0 Å². The minimum absolute atomic E-state index is 0.0588. The highest BCUT2D eigenvalue weighted by Crippen LogP contribution is 2.03. The van der Waals surface area contributed by atoms with Gasteiger partial charge in [0.25, 0.3) is 5.69 Å². The van der Waals surface area contributed by atoms with Gasteiger partial charge in [-0.3, -0.25) is 0 Å². The van der Waals surface area contributed by atoms with E-state index >= 15 is 0 Å². The summed E-state index contributed by atoms with van der Waals surface area (Å²) in [4.78, 5) is 10.7. The smallest absolute Gasteiger partial charge is 0.151 e. The number of nitrogens with zero attached hydrogens (tertiary/aromatic N) is 1. The third-order valence-electron chi connectivity index (χ3n) is 1.71. The summed E-state index contributed by atoms with van der Waals surface area (Å²) in [5.74, 6) is -0.666. The molecule has 0 saturated heterocycles. The average molecular weight is 175 g/mol. The van der Waals surface area contributed by atoms with E-state index in [1.807, 2.05) is 12.1 Å². The van der Waals surface area contributed by atoms with E-state index in [2.05, 4.69) is 4.63 Å². The Morgan fingerprint density at radius 2 is 2.33 bits per heavy atom. The fourth-order valence-electron chi connectivity index (χ4n) is 1.02. The second kappa shape index (κ2) is 4.04. The van der Waals surface area contributed by atoms with Gasteiger partial charge in [-0.1, -0.05) is 24.4 Å². The van der Waals surface area contributed by atoms with Gasteiger partial charge in [0.15, 0.2) is 4.60 Å². The predicted octanol–water partition coefficient (Wildman–Crippen LogP) is 1.39. The fourth-order valence-corrected chi connectivity index (χ4v) is 1.02. The van der Waals surface area contributed by atoms with Gasteiger partial charge in [0.2, 0.25) is 0 Å². The van der Waals surface area contributed by atoms with Gasteiger partial charge < -0.3 is 0 Å². The molecule has 0 amide bonds. The molecule has 12 heavy (non-hydrogen) atoms. The van der Waals surface area contributed by atoms with Crippen molar-refractivity contribution in [1.29, 1.82) is 0 Å². The van der Waals surface area contributed by atoms with E-state index in [1.54, 1.807) is 0 Å². The number of hydrogen-bond acceptors (Lipinski definition) is 2. The first kappa shape index (κ1) is 8.96. The summed E-state index contributed by atoms with van der Waals surface area (Å²) in [6, 6.07) is 0. The summed E-state index contributed by atoms with van der Waals surface area (Å²) in [6.07, 6.45) is 3.27. The molecule has 1 heterocycles. The van der Waals surface area contributed by atoms with Crippen LogP contribution in [0.15, 0.2) is 4.63 Å². The highest BCUT2D eigenvalue weighted by Gasteiger charge is 2.18. The summed E-state index contributed by atoms with van der Waals surface area (Å²) in [7, 11) is 0. The van der Waals surface area contributed by atoms with E-state index < -0.39 is 5.95 Å². The topological polar surface area (TPSA) is 51.9 Å². The van der Waals surface area contributed by atoms with Crippen LogP contribution in [0, 0.1) is 10.9 Å². The molecule has 1 rings (SSSR count). The van der Waals surface area contributed by atoms with Gasteiger partial charge in [0.1, 0.15) is 0 Å². The zero-order valence-electron chi connectivity index (χ0n) is 6.97. The van der Waals surface area contributed by atoms with Crippen LogP contribution in [0.25, 0.3) is 0 Å². The molecule has 0 saturated carbocycles. The molecule has 0 aromatic carbocycles. The molecule has 0 unspecified atom stereocenters. The van der Waals surface area contributed by atoms with Gasteiger partial charge in [0, 0.05) is 6.42 Å². The molecular weight excluding hydrogens is 163 g/mol. The maximum atomic E-state index is 12.7. The molecule has 0 aliphatic heterocycles. The van der Waals surface area contributed by atoms with Crippen LogP contribution in [0.2, 0.25) is 0 Å². The Kier molecular flexibility index (Phi) is 3.01. The number of H-pyrrole nitrogens is 1. The minimum Gasteiger partial charge on any atom is -0.151 e. The molecular formula is C7H12FN2O2+. The number of nitrogens with one attached hydrogen (secondary N) is 1. The van der Waals surface area contributed by atoms with Gasteiger partial charge >= 0.3 is 5.95 Å².